The summed E-state index contributed by atoms with van der Waals surface area (Å²) in [5.41, 5.74) is 7.42. The lowest BCUT2D eigenvalue weighted by Gasteiger charge is -2.26. The molecule has 2 aliphatic rings. The van der Waals surface area contributed by atoms with Crippen LogP contribution in [0.3, 0.4) is 0 Å². The fraction of sp³-hybridized carbons (Fsp3) is 0.400. The fourth-order valence-corrected chi connectivity index (χ4v) is 5.37. The minimum absolute atomic E-state index is 0.0726. The molecule has 0 fully saturated rings. The van der Waals surface area contributed by atoms with Gasteiger partial charge in [-0.05, 0) is 59.7 Å². The van der Waals surface area contributed by atoms with Gasteiger partial charge in [-0.25, -0.2) is 4.79 Å². The zero-order chi connectivity index (χ0) is 33.9. The van der Waals surface area contributed by atoms with Crippen LogP contribution in [0.4, 0.5) is 0 Å². The van der Waals surface area contributed by atoms with E-state index in [1.807, 2.05) is 0 Å². The third-order valence-electron chi connectivity index (χ3n) is 7.67. The topological polar surface area (TPSA) is 156 Å². The number of benzene rings is 3. The number of esters is 1. The number of hydrogen-bond donors (Lipinski definition) is 2. The second-order valence-corrected chi connectivity index (χ2v) is 10.7. The number of carbonyl (C=O) groups excluding carboxylic acids is 1. The summed E-state index contributed by atoms with van der Waals surface area (Å²) < 4.78 is 55.8. The van der Waals surface area contributed by atoms with Gasteiger partial charge in [0.1, 0.15) is 12.4 Å². The van der Waals surface area contributed by atoms with Crippen LogP contribution in [-0.2, 0) is 35.9 Å². The van der Waals surface area contributed by atoms with Crippen LogP contribution in [0.2, 0.25) is 0 Å². The molecule has 0 bridgehead atoms. The van der Waals surface area contributed by atoms with E-state index in [0.717, 1.165) is 0 Å². The molecule has 1 unspecified atom stereocenters. The lowest BCUT2D eigenvalue weighted by atomic mass is 9.88. The quantitative estimate of drug-likeness (QED) is 0.142. The van der Waals surface area contributed by atoms with Crippen molar-refractivity contribution in [2.45, 2.75) is 12.2 Å². The van der Waals surface area contributed by atoms with E-state index in [0.29, 0.717) is 103 Å². The first-order valence-corrected chi connectivity index (χ1v) is 15.5. The first-order chi connectivity index (χ1) is 23.4. The minimum Gasteiger partial charge on any atom is -0.497 e. The zero-order valence-electron chi connectivity index (χ0n) is 27.3. The van der Waals surface area contributed by atoms with Crippen molar-refractivity contribution in [3.05, 3.63) is 76.9 Å². The first-order valence-electron chi connectivity index (χ1n) is 15.5. The molecule has 2 heterocycles. The Balaban J connectivity index is 1.39. The summed E-state index contributed by atoms with van der Waals surface area (Å²) in [7, 11) is 4.58. The molecule has 13 nitrogen and oxygen atoms in total. The van der Waals surface area contributed by atoms with E-state index in [9.17, 15) is 9.90 Å². The highest BCUT2D eigenvalue weighted by Gasteiger charge is 2.48. The normalized spacial score (nSPS) is 16.6. The van der Waals surface area contributed by atoms with Crippen LogP contribution in [0.5, 0.6) is 34.5 Å². The molecule has 0 saturated heterocycles. The van der Waals surface area contributed by atoms with Gasteiger partial charge in [0.25, 0.3) is 5.79 Å². The Morgan fingerprint density at radius 1 is 0.771 bits per heavy atom. The summed E-state index contributed by atoms with van der Waals surface area (Å²) in [5, 5.41) is 12.1. The van der Waals surface area contributed by atoms with Gasteiger partial charge in [0.05, 0.1) is 66.5 Å². The van der Waals surface area contributed by atoms with Gasteiger partial charge in [0.15, 0.2) is 23.0 Å². The Kier molecular flexibility index (Phi) is 12.0. The van der Waals surface area contributed by atoms with Crippen LogP contribution < -0.4 is 34.2 Å². The van der Waals surface area contributed by atoms with Crippen LogP contribution >= 0.6 is 0 Å². The highest BCUT2D eigenvalue weighted by atomic mass is 16.7. The number of cyclic esters (lactones) is 1. The molecule has 258 valence electrons. The fourth-order valence-electron chi connectivity index (χ4n) is 5.37. The number of methoxy groups -OCH3 is 3. The van der Waals surface area contributed by atoms with Crippen molar-refractivity contribution in [3.63, 3.8) is 0 Å². The molecule has 13 heteroatoms. The average Bonchev–Trinajstić information content (AvgIpc) is 3.68. The molecule has 3 aromatic rings. The van der Waals surface area contributed by atoms with Crippen molar-refractivity contribution in [1.82, 2.24) is 0 Å². The number of ether oxygens (including phenoxy) is 10. The average molecular weight is 668 g/mol. The number of nitrogens with two attached hydrogens (primary N) is 1. The Morgan fingerprint density at radius 3 is 2.10 bits per heavy atom. The van der Waals surface area contributed by atoms with Crippen molar-refractivity contribution in [3.8, 4) is 34.5 Å². The summed E-state index contributed by atoms with van der Waals surface area (Å²) >= 11 is 0. The second kappa shape index (κ2) is 16.5. The number of carbonyl (C=O) groups is 1. The monoisotopic (exact) mass is 667 g/mol. The zero-order valence-corrected chi connectivity index (χ0v) is 27.3. The maximum atomic E-state index is 13.6. The molecule has 0 radical (unpaired) electrons. The summed E-state index contributed by atoms with van der Waals surface area (Å²) in [6, 6.07) is 15.4. The highest BCUT2D eigenvalue weighted by molar-refractivity contribution is 6.20. The van der Waals surface area contributed by atoms with Crippen LogP contribution in [0.15, 0.2) is 60.2 Å². The maximum absolute atomic E-state index is 13.6. The van der Waals surface area contributed by atoms with Crippen molar-refractivity contribution in [2.75, 3.05) is 80.9 Å². The van der Waals surface area contributed by atoms with Crippen molar-refractivity contribution in [2.24, 2.45) is 5.73 Å². The molecular weight excluding hydrogens is 626 g/mol. The number of hydrogen-bond acceptors (Lipinski definition) is 13. The lowest BCUT2D eigenvalue weighted by Crippen LogP contribution is -2.29. The summed E-state index contributed by atoms with van der Waals surface area (Å²) in [4.78, 5) is 13.6. The molecule has 3 aromatic carbocycles. The Labute approximate surface area is 278 Å². The van der Waals surface area contributed by atoms with Gasteiger partial charge in [-0.1, -0.05) is 6.07 Å². The molecule has 48 heavy (non-hydrogen) atoms. The third kappa shape index (κ3) is 7.94. The summed E-state index contributed by atoms with van der Waals surface area (Å²) in [6.45, 7) is 3.29. The largest absolute Gasteiger partial charge is 0.497 e. The summed E-state index contributed by atoms with van der Waals surface area (Å²) in [6.07, 6.45) is 0.0809. The predicted molar refractivity (Wildman–Crippen MR) is 173 cm³/mol. The van der Waals surface area contributed by atoms with Gasteiger partial charge >= 0.3 is 5.97 Å². The van der Waals surface area contributed by atoms with Crippen LogP contribution in [0, 0.1) is 0 Å². The molecule has 0 aliphatic carbocycles. The molecule has 1 atom stereocenters. The van der Waals surface area contributed by atoms with Crippen LogP contribution in [0.25, 0.3) is 5.57 Å². The van der Waals surface area contributed by atoms with Gasteiger partial charge in [0.2, 0.25) is 12.5 Å². The smallest absolute Gasteiger partial charge is 0.342 e. The van der Waals surface area contributed by atoms with E-state index < -0.39 is 11.8 Å². The minimum atomic E-state index is -2.09. The van der Waals surface area contributed by atoms with E-state index in [1.54, 1.807) is 61.7 Å². The second-order valence-electron chi connectivity index (χ2n) is 10.7. The van der Waals surface area contributed by atoms with Crippen molar-refractivity contribution in [1.29, 1.82) is 0 Å². The molecule has 0 spiro atoms. The summed E-state index contributed by atoms with van der Waals surface area (Å²) in [5.74, 6) is 0.0315. The Morgan fingerprint density at radius 2 is 1.44 bits per heavy atom. The number of aliphatic hydroxyl groups is 1. The Bertz CT molecular complexity index is 1570. The predicted octanol–water partition coefficient (Wildman–Crippen LogP) is 3.23. The molecule has 3 N–H and O–H groups in total. The van der Waals surface area contributed by atoms with E-state index in [-0.39, 0.29) is 25.4 Å². The first kappa shape index (κ1) is 34.8. The Hall–Kier alpha value is -4.53. The molecule has 2 aliphatic heterocycles. The maximum Gasteiger partial charge on any atom is 0.342 e. The lowest BCUT2D eigenvalue weighted by molar-refractivity contribution is -0.185. The van der Waals surface area contributed by atoms with E-state index in [4.69, 9.17) is 53.1 Å². The third-order valence-corrected chi connectivity index (χ3v) is 7.67. The van der Waals surface area contributed by atoms with E-state index >= 15 is 0 Å². The van der Waals surface area contributed by atoms with Crippen molar-refractivity contribution < 1.29 is 57.3 Å². The van der Waals surface area contributed by atoms with E-state index in [1.165, 1.54) is 14.2 Å². The highest BCUT2D eigenvalue weighted by Crippen LogP contribution is 2.48. The number of rotatable bonds is 19. The van der Waals surface area contributed by atoms with Crippen LogP contribution in [-0.4, -0.2) is 92.0 Å². The van der Waals surface area contributed by atoms with Crippen LogP contribution in [0.1, 0.15) is 16.7 Å². The van der Waals surface area contributed by atoms with Gasteiger partial charge < -0.3 is 58.2 Å². The van der Waals surface area contributed by atoms with Gasteiger partial charge in [-0.2, -0.15) is 0 Å². The van der Waals surface area contributed by atoms with Gasteiger partial charge in [-0.15, -0.1) is 0 Å². The molecule has 0 aromatic heterocycles. The van der Waals surface area contributed by atoms with Gasteiger partial charge in [-0.3, -0.25) is 0 Å². The molecule has 0 saturated carbocycles. The molecule has 0 amide bonds. The molecule has 5 rings (SSSR count). The standard InChI is InChI=1S/C35H41NO12/c1-39-26-7-5-25(6-8-26)35(38)27(32(34(37)48-35)24-4-9-28-29(21-24)47-22-46-28)18-23-19-30(40-2)33(41-3)31(20-23)45-17-16-44-15-14-43-13-12-42-11-10-36/h4-9,19-21,38H,10-18,22,36H2,1-3H3. The SMILES string of the molecule is COc1ccc(C2(O)OC(=O)C(c3ccc4c(c3)OCO4)=C2Cc2cc(OC)c(OC)c(OCCOCCOCCOCCN)c2)cc1. The number of fused-ring (bicyclic) bond motifs is 1. The van der Waals surface area contributed by atoms with Gasteiger partial charge in [0, 0.05) is 24.1 Å². The molecular formula is C35H41NO12. The van der Waals surface area contributed by atoms with Crippen molar-refractivity contribution >= 4 is 11.5 Å². The van der Waals surface area contributed by atoms with E-state index in [2.05, 4.69) is 0 Å².